The first-order valence-electron chi connectivity index (χ1n) is 12.2. The molecule has 0 saturated carbocycles. The number of benzene rings is 3. The third-order valence-electron chi connectivity index (χ3n) is 6.58. The number of aromatic nitrogens is 1. The molecule has 0 spiro atoms. The van der Waals surface area contributed by atoms with E-state index in [0.29, 0.717) is 11.1 Å². The van der Waals surface area contributed by atoms with E-state index >= 15 is 0 Å². The summed E-state index contributed by atoms with van der Waals surface area (Å²) in [4.78, 5) is 41.9. The highest BCUT2D eigenvalue weighted by Crippen LogP contribution is 2.32. The Morgan fingerprint density at radius 1 is 0.923 bits per heavy atom. The second-order valence-electron chi connectivity index (χ2n) is 9.27. The number of halogens is 2. The van der Waals surface area contributed by atoms with Crippen LogP contribution in [0.2, 0.25) is 10.0 Å². The molecule has 9 heteroatoms. The number of carboxylic acid groups (broad SMARTS) is 1. The number of nitrogens with zero attached hydrogens (tertiary/aromatic N) is 1. The number of amides is 1. The highest BCUT2D eigenvalue weighted by molar-refractivity contribution is 6.39. The van der Waals surface area contributed by atoms with Gasteiger partial charge in [0.2, 0.25) is 0 Å². The van der Waals surface area contributed by atoms with E-state index in [1.165, 1.54) is 12.1 Å². The van der Waals surface area contributed by atoms with Crippen LogP contribution in [0.4, 0.5) is 11.5 Å². The minimum Gasteiger partial charge on any atom is -0.480 e. The van der Waals surface area contributed by atoms with E-state index < -0.39 is 17.9 Å². The average Bonchev–Trinajstić information content (AvgIpc) is 2.92. The molecule has 1 amide bonds. The Balaban J connectivity index is 1.23. The molecule has 2 heterocycles. The number of rotatable bonds is 8. The number of hydrogen-bond acceptors (Lipinski definition) is 5. The zero-order valence-electron chi connectivity index (χ0n) is 20.6. The van der Waals surface area contributed by atoms with Gasteiger partial charge in [-0.2, -0.15) is 0 Å². The summed E-state index contributed by atoms with van der Waals surface area (Å²) in [6, 6.07) is 20.1. The number of hydrogen-bond donors (Lipinski definition) is 3. The summed E-state index contributed by atoms with van der Waals surface area (Å²) in [6.45, 7) is 0. The number of carbonyl (C=O) groups is 3. The van der Waals surface area contributed by atoms with Crippen molar-refractivity contribution in [2.45, 2.75) is 25.3 Å². The fourth-order valence-electron chi connectivity index (χ4n) is 4.51. The SMILES string of the molecule is O=C(Cc1ccc(C[C@H](NC(=O)c2c(Cl)cccc2Cl)C(=O)O)cc1)c1ccc2c(c1)Nc1ncccc1C2. The van der Waals surface area contributed by atoms with E-state index in [9.17, 15) is 19.5 Å². The van der Waals surface area contributed by atoms with E-state index in [2.05, 4.69) is 15.6 Å². The van der Waals surface area contributed by atoms with Crippen LogP contribution in [0, 0.1) is 0 Å². The summed E-state index contributed by atoms with van der Waals surface area (Å²) >= 11 is 12.2. The molecule has 5 rings (SSSR count). The fourth-order valence-corrected chi connectivity index (χ4v) is 5.08. The lowest BCUT2D eigenvalue weighted by Crippen LogP contribution is -2.42. The van der Waals surface area contributed by atoms with E-state index in [-0.39, 0.29) is 34.2 Å². The molecule has 0 bridgehead atoms. The van der Waals surface area contributed by atoms with Crippen LogP contribution in [0.25, 0.3) is 0 Å². The molecular formula is C30H23Cl2N3O4. The molecule has 0 unspecified atom stereocenters. The van der Waals surface area contributed by atoms with E-state index in [4.69, 9.17) is 23.2 Å². The van der Waals surface area contributed by atoms with Crippen molar-refractivity contribution < 1.29 is 19.5 Å². The van der Waals surface area contributed by atoms with Crippen LogP contribution in [-0.2, 0) is 24.1 Å². The fraction of sp³-hybridized carbons (Fsp3) is 0.133. The number of fused-ring (bicyclic) bond motifs is 2. The van der Waals surface area contributed by atoms with Crippen LogP contribution < -0.4 is 10.6 Å². The smallest absolute Gasteiger partial charge is 0.326 e. The maximum absolute atomic E-state index is 13.0. The Bertz CT molecular complexity index is 1570. The van der Waals surface area contributed by atoms with Crippen LogP contribution in [-0.4, -0.2) is 33.8 Å². The molecule has 0 radical (unpaired) electrons. The van der Waals surface area contributed by atoms with Gasteiger partial charge in [0.25, 0.3) is 5.91 Å². The molecule has 1 aliphatic heterocycles. The van der Waals surface area contributed by atoms with Gasteiger partial charge in [-0.15, -0.1) is 0 Å². The van der Waals surface area contributed by atoms with Crippen LogP contribution in [0.5, 0.6) is 0 Å². The number of ketones is 1. The molecule has 1 aliphatic rings. The van der Waals surface area contributed by atoms with Crippen molar-refractivity contribution in [2.24, 2.45) is 0 Å². The number of carbonyl (C=O) groups excluding carboxylic acids is 2. The van der Waals surface area contributed by atoms with Crippen LogP contribution >= 0.6 is 23.2 Å². The quantitative estimate of drug-likeness (QED) is 0.205. The maximum atomic E-state index is 13.0. The number of anilines is 2. The molecular weight excluding hydrogens is 537 g/mol. The molecule has 1 aromatic heterocycles. The number of carboxylic acids is 1. The van der Waals surface area contributed by atoms with Gasteiger partial charge in [0.1, 0.15) is 11.9 Å². The predicted molar refractivity (Wildman–Crippen MR) is 150 cm³/mol. The van der Waals surface area contributed by atoms with Crippen LogP contribution in [0.3, 0.4) is 0 Å². The first-order valence-corrected chi connectivity index (χ1v) is 13.0. The lowest BCUT2D eigenvalue weighted by Gasteiger charge is -2.20. The van der Waals surface area contributed by atoms with Crippen LogP contribution in [0.15, 0.2) is 79.0 Å². The average molecular weight is 560 g/mol. The molecule has 3 N–H and O–H groups in total. The molecule has 7 nitrogen and oxygen atoms in total. The van der Waals surface area contributed by atoms with Gasteiger partial charge in [-0.05, 0) is 46.5 Å². The van der Waals surface area contributed by atoms with Gasteiger partial charge in [-0.1, -0.05) is 71.7 Å². The number of aliphatic carboxylic acids is 1. The Labute approximate surface area is 234 Å². The van der Waals surface area contributed by atoms with Gasteiger partial charge < -0.3 is 15.7 Å². The Kier molecular flexibility index (Phi) is 7.63. The minimum atomic E-state index is -1.19. The Morgan fingerprint density at radius 2 is 1.64 bits per heavy atom. The van der Waals surface area contributed by atoms with Crippen LogP contribution in [0.1, 0.15) is 43.0 Å². The van der Waals surface area contributed by atoms with E-state index in [0.717, 1.165) is 34.6 Å². The molecule has 0 fully saturated rings. The first-order chi connectivity index (χ1) is 18.8. The molecule has 0 aliphatic carbocycles. The van der Waals surface area contributed by atoms with Crippen molar-refractivity contribution in [3.8, 4) is 0 Å². The zero-order chi connectivity index (χ0) is 27.5. The summed E-state index contributed by atoms with van der Waals surface area (Å²) in [7, 11) is 0. The second kappa shape index (κ2) is 11.3. The summed E-state index contributed by atoms with van der Waals surface area (Å²) in [5, 5.41) is 15.7. The van der Waals surface area contributed by atoms with E-state index in [1.54, 1.807) is 36.5 Å². The van der Waals surface area contributed by atoms with Crippen molar-refractivity contribution in [2.75, 3.05) is 5.32 Å². The Morgan fingerprint density at radius 3 is 2.36 bits per heavy atom. The van der Waals surface area contributed by atoms with Crippen molar-refractivity contribution in [1.82, 2.24) is 10.3 Å². The molecule has 0 saturated heterocycles. The zero-order valence-corrected chi connectivity index (χ0v) is 22.1. The van der Waals surface area contributed by atoms with Crippen molar-refractivity contribution in [3.63, 3.8) is 0 Å². The summed E-state index contributed by atoms with van der Waals surface area (Å²) in [5.41, 5.74) is 5.20. The highest BCUT2D eigenvalue weighted by atomic mass is 35.5. The highest BCUT2D eigenvalue weighted by Gasteiger charge is 2.24. The van der Waals surface area contributed by atoms with Gasteiger partial charge in [0.05, 0.1) is 15.6 Å². The molecule has 1 atom stereocenters. The van der Waals surface area contributed by atoms with Gasteiger partial charge >= 0.3 is 5.97 Å². The maximum Gasteiger partial charge on any atom is 0.326 e. The lowest BCUT2D eigenvalue weighted by atomic mass is 9.95. The summed E-state index contributed by atoms with van der Waals surface area (Å²) in [6.07, 6.45) is 2.72. The first kappa shape index (κ1) is 26.4. The monoisotopic (exact) mass is 559 g/mol. The van der Waals surface area contributed by atoms with Crippen molar-refractivity contribution >= 4 is 52.4 Å². The third-order valence-corrected chi connectivity index (χ3v) is 7.21. The van der Waals surface area contributed by atoms with Gasteiger partial charge in [0, 0.05) is 36.7 Å². The molecule has 3 aromatic carbocycles. The second-order valence-corrected chi connectivity index (χ2v) is 10.1. The van der Waals surface area contributed by atoms with Gasteiger partial charge in [-0.3, -0.25) is 9.59 Å². The molecule has 39 heavy (non-hydrogen) atoms. The topological polar surface area (TPSA) is 108 Å². The molecule has 196 valence electrons. The number of pyridine rings is 1. The number of Topliss-reactive ketones (excluding diaryl/α,β-unsaturated/α-hetero) is 1. The van der Waals surface area contributed by atoms with Gasteiger partial charge in [-0.25, -0.2) is 9.78 Å². The van der Waals surface area contributed by atoms with Crippen molar-refractivity contribution in [1.29, 1.82) is 0 Å². The molecule has 4 aromatic rings. The standard InChI is InChI=1S/C30H23Cl2N3O4/c31-22-4-1-5-23(32)27(22)29(37)35-25(30(38)39)13-17-6-8-18(9-7-17)14-26(36)20-11-10-19-15-21-3-2-12-33-28(21)34-24(19)16-20/h1-12,16,25H,13-15H2,(H,33,34)(H,35,37)(H,38,39)/t25-/m0/s1. The summed E-state index contributed by atoms with van der Waals surface area (Å²) < 4.78 is 0. The minimum absolute atomic E-state index is 0.0267. The van der Waals surface area contributed by atoms with E-state index in [1.807, 2.05) is 30.3 Å². The van der Waals surface area contributed by atoms with Crippen molar-refractivity contribution in [3.05, 3.63) is 122 Å². The normalized spacial score (nSPS) is 12.5. The van der Waals surface area contributed by atoms with Gasteiger partial charge in [0.15, 0.2) is 5.78 Å². The lowest BCUT2D eigenvalue weighted by molar-refractivity contribution is -0.139. The Hall–Kier alpha value is -4.20. The summed E-state index contributed by atoms with van der Waals surface area (Å²) in [5.74, 6) is -1.09. The predicted octanol–water partition coefficient (Wildman–Crippen LogP) is 5.89. The number of nitrogens with one attached hydrogen (secondary N) is 2. The largest absolute Gasteiger partial charge is 0.480 e. The third kappa shape index (κ3) is 5.95.